The second-order valence-corrected chi connectivity index (χ2v) is 18.8. The molecule has 11 aromatic carbocycles. The number of allylic oxidation sites excluding steroid dienone is 4. The zero-order chi connectivity index (χ0) is 45.9. The number of furan rings is 2. The molecule has 2 heteroatoms. The largest absolute Gasteiger partial charge is 0.455 e. The van der Waals surface area contributed by atoms with Gasteiger partial charge < -0.3 is 8.83 Å². The van der Waals surface area contributed by atoms with Gasteiger partial charge in [0.1, 0.15) is 22.3 Å². The normalized spacial score (nSPS) is 15.5. The topological polar surface area (TPSA) is 26.3 Å². The van der Waals surface area contributed by atoms with Gasteiger partial charge in [0.15, 0.2) is 0 Å². The first-order chi connectivity index (χ1) is 34.8. The van der Waals surface area contributed by atoms with Gasteiger partial charge in [-0.3, -0.25) is 0 Å². The zero-order valence-electron chi connectivity index (χ0n) is 38.1. The molecule has 0 amide bonds. The first kappa shape index (κ1) is 39.1. The van der Waals surface area contributed by atoms with Crippen LogP contribution < -0.4 is 10.4 Å². The maximum absolute atomic E-state index is 7.44. The molecule has 2 aliphatic carbocycles. The minimum atomic E-state index is 0.0165. The van der Waals surface area contributed by atoms with Crippen LogP contribution in [0.3, 0.4) is 0 Å². The Morgan fingerprint density at radius 2 is 0.700 bits per heavy atom. The van der Waals surface area contributed by atoms with Crippen molar-refractivity contribution in [2.45, 2.75) is 0 Å². The molecule has 0 spiro atoms. The quantitative estimate of drug-likeness (QED) is 0.161. The van der Waals surface area contributed by atoms with Crippen LogP contribution in [0.5, 0.6) is 0 Å². The average molecular weight is 891 g/mol. The number of para-hydroxylation sites is 2. The van der Waals surface area contributed by atoms with Crippen LogP contribution in [0, 0.1) is 11.8 Å². The van der Waals surface area contributed by atoms with Gasteiger partial charge in [0.25, 0.3) is 0 Å². The van der Waals surface area contributed by atoms with Gasteiger partial charge in [-0.05, 0) is 89.0 Å². The Hall–Kier alpha value is -8.98. The van der Waals surface area contributed by atoms with Crippen molar-refractivity contribution in [2.75, 3.05) is 0 Å². The van der Waals surface area contributed by atoms with Crippen LogP contribution in [-0.4, -0.2) is 0 Å². The molecule has 2 aromatic heterocycles. The van der Waals surface area contributed by atoms with Crippen LogP contribution in [0.1, 0.15) is 11.1 Å². The number of hydrogen-bond acceptors (Lipinski definition) is 2. The van der Waals surface area contributed by atoms with Gasteiger partial charge >= 0.3 is 0 Å². The summed E-state index contributed by atoms with van der Waals surface area (Å²) in [7, 11) is 0. The van der Waals surface area contributed by atoms with Crippen molar-refractivity contribution >= 4 is 87.3 Å². The minimum absolute atomic E-state index is 0.0165. The van der Waals surface area contributed by atoms with Crippen molar-refractivity contribution in [1.82, 2.24) is 0 Å². The monoisotopic (exact) mass is 890 g/mol. The lowest BCUT2D eigenvalue weighted by atomic mass is 9.68. The molecule has 0 bridgehead atoms. The molecule has 0 N–H and O–H groups in total. The van der Waals surface area contributed by atoms with Crippen molar-refractivity contribution in [2.24, 2.45) is 11.8 Å². The van der Waals surface area contributed by atoms with Gasteiger partial charge in [-0.15, -0.1) is 0 Å². The third-order valence-electron chi connectivity index (χ3n) is 15.2. The summed E-state index contributed by atoms with van der Waals surface area (Å²) in [6.45, 7) is 0. The van der Waals surface area contributed by atoms with E-state index in [0.717, 1.165) is 82.5 Å². The molecule has 0 fully saturated rings. The molecule has 0 radical (unpaired) electrons. The van der Waals surface area contributed by atoms with E-state index >= 15 is 0 Å². The highest BCUT2D eigenvalue weighted by Gasteiger charge is 2.36. The lowest BCUT2D eigenvalue weighted by molar-refractivity contribution is 0.660. The Balaban J connectivity index is 1.22. The van der Waals surface area contributed by atoms with E-state index in [1.807, 2.05) is 0 Å². The molecular formula is C68H42O2. The lowest BCUT2D eigenvalue weighted by Gasteiger charge is -2.34. The van der Waals surface area contributed by atoms with E-state index in [1.165, 1.54) is 59.8 Å². The van der Waals surface area contributed by atoms with E-state index < -0.39 is 0 Å². The second kappa shape index (κ2) is 15.3. The fourth-order valence-electron chi connectivity index (χ4n) is 12.5. The molecule has 2 nitrogen and oxygen atoms in total. The molecule has 70 heavy (non-hydrogen) atoms. The van der Waals surface area contributed by atoms with Crippen LogP contribution in [0.15, 0.2) is 252 Å². The van der Waals surface area contributed by atoms with Crippen LogP contribution in [0.25, 0.3) is 121 Å². The smallest absolute Gasteiger partial charge is 0.144 e. The minimum Gasteiger partial charge on any atom is -0.455 e. The molecule has 326 valence electrons. The SMILES string of the molecule is C1=CC2C(c3ccccc3)=c3ccccc3=C(c3c(-c4ccccc4)c4cc(-c5c6ccccc6c(-c6ccccc6)c6ccccc56)c5oc6ccccc6c5c4c4c3oc3ccccc34)C2C=C1. The van der Waals surface area contributed by atoms with Gasteiger partial charge in [-0.1, -0.05) is 224 Å². The molecule has 2 unspecified atom stereocenters. The van der Waals surface area contributed by atoms with Crippen LogP contribution in [0.4, 0.5) is 0 Å². The predicted molar refractivity (Wildman–Crippen MR) is 292 cm³/mol. The summed E-state index contributed by atoms with van der Waals surface area (Å²) in [4.78, 5) is 0. The van der Waals surface area contributed by atoms with Crippen LogP contribution in [0.2, 0.25) is 0 Å². The van der Waals surface area contributed by atoms with E-state index in [4.69, 9.17) is 8.83 Å². The van der Waals surface area contributed by atoms with Crippen molar-refractivity contribution in [3.63, 3.8) is 0 Å². The van der Waals surface area contributed by atoms with Crippen LogP contribution in [-0.2, 0) is 0 Å². The Labute approximate surface area is 403 Å². The summed E-state index contributed by atoms with van der Waals surface area (Å²) in [6, 6.07) is 79.5. The van der Waals surface area contributed by atoms with Gasteiger partial charge in [0.05, 0.1) is 0 Å². The number of hydrogen-bond donors (Lipinski definition) is 0. The van der Waals surface area contributed by atoms with E-state index in [1.54, 1.807) is 0 Å². The molecule has 2 aliphatic rings. The number of rotatable bonds is 5. The fourth-order valence-corrected chi connectivity index (χ4v) is 12.5. The van der Waals surface area contributed by atoms with E-state index in [9.17, 15) is 0 Å². The molecule has 2 atom stereocenters. The van der Waals surface area contributed by atoms with Gasteiger partial charge in [-0.2, -0.15) is 0 Å². The maximum atomic E-state index is 7.44. The Morgan fingerprint density at radius 1 is 0.286 bits per heavy atom. The number of benzene rings is 11. The van der Waals surface area contributed by atoms with Crippen molar-refractivity contribution in [3.05, 3.63) is 264 Å². The summed E-state index contributed by atoms with van der Waals surface area (Å²) in [5, 5.41) is 13.9. The highest BCUT2D eigenvalue weighted by Crippen LogP contribution is 2.55. The van der Waals surface area contributed by atoms with Crippen molar-refractivity contribution < 1.29 is 8.83 Å². The third-order valence-corrected chi connectivity index (χ3v) is 15.2. The summed E-state index contributed by atoms with van der Waals surface area (Å²) in [5.74, 6) is 0.107. The summed E-state index contributed by atoms with van der Waals surface area (Å²) in [5.41, 5.74) is 15.4. The summed E-state index contributed by atoms with van der Waals surface area (Å²) >= 11 is 0. The average Bonchev–Trinajstić information content (AvgIpc) is 4.02. The van der Waals surface area contributed by atoms with E-state index in [0.29, 0.717) is 0 Å². The predicted octanol–water partition coefficient (Wildman–Crippen LogP) is 16.7. The van der Waals surface area contributed by atoms with E-state index in [2.05, 4.69) is 243 Å². The molecular weight excluding hydrogens is 849 g/mol. The highest BCUT2D eigenvalue weighted by molar-refractivity contribution is 6.38. The molecule has 15 rings (SSSR count). The third kappa shape index (κ3) is 5.56. The Morgan fingerprint density at radius 3 is 1.27 bits per heavy atom. The Bertz CT molecular complexity index is 4450. The standard InChI is InChI=1S/C68H42O2/c1-4-22-41(23-5-1)58-44-28-10-14-32-48(44)61(49-33-15-11-29-45(49)58)55-40-54-60(43-26-8-3-9-27-43)66(62-50-34-16-12-30-46(50)59(42-24-6-2-7-25-42)47-31-13-17-35-51(47)62)68-65(53-37-19-21-39-57(53)70-68)63(54)64-52-36-18-20-38-56(52)69-67(55)64/h1-40,46,50H. The van der Waals surface area contributed by atoms with E-state index in [-0.39, 0.29) is 11.8 Å². The molecule has 13 aromatic rings. The molecule has 0 saturated heterocycles. The first-order valence-corrected chi connectivity index (χ1v) is 24.3. The van der Waals surface area contributed by atoms with Gasteiger partial charge in [0, 0.05) is 61.0 Å². The lowest BCUT2D eigenvalue weighted by Crippen LogP contribution is -2.40. The fraction of sp³-hybridized carbons (Fsp3) is 0.0294. The Kier molecular flexibility index (Phi) is 8.52. The molecule has 0 aliphatic heterocycles. The van der Waals surface area contributed by atoms with Crippen molar-refractivity contribution in [1.29, 1.82) is 0 Å². The van der Waals surface area contributed by atoms with Gasteiger partial charge in [0.2, 0.25) is 0 Å². The van der Waals surface area contributed by atoms with Crippen molar-refractivity contribution in [3.8, 4) is 33.4 Å². The number of fused-ring (bicyclic) bond motifs is 13. The highest BCUT2D eigenvalue weighted by atomic mass is 16.3. The maximum Gasteiger partial charge on any atom is 0.144 e. The summed E-state index contributed by atoms with van der Waals surface area (Å²) < 4.78 is 14.7. The summed E-state index contributed by atoms with van der Waals surface area (Å²) in [6.07, 6.45) is 9.31. The van der Waals surface area contributed by atoms with Crippen LogP contribution >= 0.6 is 0 Å². The molecule has 0 saturated carbocycles. The van der Waals surface area contributed by atoms with Gasteiger partial charge in [-0.25, -0.2) is 0 Å². The zero-order valence-corrected chi connectivity index (χ0v) is 38.1. The first-order valence-electron chi connectivity index (χ1n) is 24.3. The second-order valence-electron chi connectivity index (χ2n) is 18.8. The molecule has 2 heterocycles.